The molecule has 2 N–H and O–H groups in total. The van der Waals surface area contributed by atoms with E-state index >= 15 is 0 Å². The highest BCUT2D eigenvalue weighted by Crippen LogP contribution is 2.36. The van der Waals surface area contributed by atoms with Crippen molar-refractivity contribution < 1.29 is 29.0 Å². The SMILES string of the molecule is CCC(=C(c1ccc(O)cc1)c1ccc(OCCCCCN2CCN(c3cc4c(cn3)C(=O)N(C3CCC(=O)NC3=O)C4=O)CC2)cc1)c1ccccc1. The van der Waals surface area contributed by atoms with Crippen molar-refractivity contribution in [2.45, 2.75) is 51.5 Å². The molecule has 0 radical (unpaired) electrons. The van der Waals surface area contributed by atoms with Crippen LogP contribution in [0, 0.1) is 0 Å². The van der Waals surface area contributed by atoms with E-state index in [9.17, 15) is 24.3 Å². The standard InChI is InChI=1S/C43H45N5O6/c1-2-34(29-9-5-3-6-10-29)40(30-11-15-32(49)16-12-30)31-13-17-33(18-14-31)54-26-8-4-7-21-46-22-24-47(25-23-46)38-27-35-36(28-44-38)43(53)48(42(35)52)37-19-20-39(50)45-41(37)51/h3,5-6,9-18,27-28,37,49H,2,4,7-8,19-26H2,1H3,(H,45,50,51). The summed E-state index contributed by atoms with van der Waals surface area (Å²) in [4.78, 5) is 60.2. The Hall–Kier alpha value is -5.81. The number of carbonyl (C=O) groups is 4. The molecular weight excluding hydrogens is 683 g/mol. The van der Waals surface area contributed by atoms with Gasteiger partial charge in [0.05, 0.1) is 17.7 Å². The minimum atomic E-state index is -0.991. The van der Waals surface area contributed by atoms with Crippen molar-refractivity contribution in [2.24, 2.45) is 0 Å². The molecule has 4 heterocycles. The number of fused-ring (bicyclic) bond motifs is 1. The Morgan fingerprint density at radius 1 is 0.815 bits per heavy atom. The third-order valence-corrected chi connectivity index (χ3v) is 10.5. The van der Waals surface area contributed by atoms with Crippen LogP contribution in [0.1, 0.15) is 82.9 Å². The summed E-state index contributed by atoms with van der Waals surface area (Å²) in [5.74, 6) is -0.364. The van der Waals surface area contributed by atoms with E-state index in [4.69, 9.17) is 4.74 Å². The van der Waals surface area contributed by atoms with Crippen molar-refractivity contribution in [3.63, 3.8) is 0 Å². The molecule has 54 heavy (non-hydrogen) atoms. The van der Waals surface area contributed by atoms with E-state index in [0.717, 1.165) is 85.8 Å². The fraction of sp³-hybridized carbons (Fsp3) is 0.326. The number of unbranched alkanes of at least 4 members (excludes halogenated alkanes) is 2. The summed E-state index contributed by atoms with van der Waals surface area (Å²) < 4.78 is 6.13. The van der Waals surface area contributed by atoms with Gasteiger partial charge in [-0.15, -0.1) is 0 Å². The Kier molecular flexibility index (Phi) is 11.1. The molecule has 1 atom stereocenters. The maximum absolute atomic E-state index is 13.2. The number of benzene rings is 3. The molecule has 2 fully saturated rings. The van der Waals surface area contributed by atoms with Crippen LogP contribution < -0.4 is 15.0 Å². The number of piperidine rings is 1. The lowest BCUT2D eigenvalue weighted by Crippen LogP contribution is -2.54. The largest absolute Gasteiger partial charge is 0.508 e. The van der Waals surface area contributed by atoms with Crippen molar-refractivity contribution in [1.29, 1.82) is 0 Å². The van der Waals surface area contributed by atoms with Crippen LogP contribution >= 0.6 is 0 Å². The first-order valence-corrected chi connectivity index (χ1v) is 18.8. The monoisotopic (exact) mass is 727 g/mol. The third-order valence-electron chi connectivity index (χ3n) is 10.5. The van der Waals surface area contributed by atoms with E-state index in [1.165, 1.54) is 17.3 Å². The third kappa shape index (κ3) is 7.91. The molecule has 3 aromatic carbocycles. The smallest absolute Gasteiger partial charge is 0.263 e. The van der Waals surface area contributed by atoms with Gasteiger partial charge in [0, 0.05) is 38.8 Å². The molecule has 0 bridgehead atoms. The number of nitrogens with one attached hydrogen (secondary N) is 1. The minimum absolute atomic E-state index is 0.0825. The Morgan fingerprint density at radius 3 is 2.19 bits per heavy atom. The van der Waals surface area contributed by atoms with Crippen molar-refractivity contribution in [2.75, 3.05) is 44.2 Å². The number of hydrogen-bond acceptors (Lipinski definition) is 9. The lowest BCUT2D eigenvalue weighted by atomic mass is 9.88. The molecule has 1 aromatic heterocycles. The van der Waals surface area contributed by atoms with Crippen LogP contribution in [0.2, 0.25) is 0 Å². The van der Waals surface area contributed by atoms with E-state index < -0.39 is 29.7 Å². The minimum Gasteiger partial charge on any atom is -0.508 e. The molecule has 4 aromatic rings. The Morgan fingerprint density at radius 2 is 1.50 bits per heavy atom. The van der Waals surface area contributed by atoms with Gasteiger partial charge in [0.15, 0.2) is 0 Å². The highest BCUT2D eigenvalue weighted by atomic mass is 16.5. The number of phenolic OH excluding ortho intramolecular Hbond substituents is 1. The average Bonchev–Trinajstić information content (AvgIpc) is 3.44. The molecule has 3 aliphatic heterocycles. The number of amides is 4. The number of hydrogen-bond donors (Lipinski definition) is 2. The van der Waals surface area contributed by atoms with Gasteiger partial charge in [0.1, 0.15) is 23.4 Å². The zero-order valence-electron chi connectivity index (χ0n) is 30.5. The van der Waals surface area contributed by atoms with Gasteiger partial charge in [0.2, 0.25) is 11.8 Å². The molecule has 11 nitrogen and oxygen atoms in total. The van der Waals surface area contributed by atoms with Gasteiger partial charge in [-0.3, -0.25) is 34.3 Å². The molecular formula is C43H45N5O6. The van der Waals surface area contributed by atoms with Gasteiger partial charge < -0.3 is 14.7 Å². The van der Waals surface area contributed by atoms with Crippen molar-refractivity contribution in [3.8, 4) is 11.5 Å². The van der Waals surface area contributed by atoms with Crippen LogP contribution in [0.25, 0.3) is 11.1 Å². The second-order valence-electron chi connectivity index (χ2n) is 13.9. The first-order valence-electron chi connectivity index (χ1n) is 18.8. The number of aromatic hydroxyl groups is 1. The number of imide groups is 2. The number of rotatable bonds is 13. The topological polar surface area (TPSA) is 132 Å². The number of carbonyl (C=O) groups excluding carboxylic acids is 4. The van der Waals surface area contributed by atoms with Gasteiger partial charge in [-0.1, -0.05) is 61.5 Å². The Balaban J connectivity index is 0.863. The van der Waals surface area contributed by atoms with Gasteiger partial charge in [-0.05, 0) is 96.8 Å². The van der Waals surface area contributed by atoms with E-state index in [1.807, 2.05) is 30.3 Å². The lowest BCUT2D eigenvalue weighted by molar-refractivity contribution is -0.136. The molecule has 2 saturated heterocycles. The Bertz CT molecular complexity index is 2040. The van der Waals surface area contributed by atoms with Crippen molar-refractivity contribution >= 4 is 40.6 Å². The normalized spacial score (nSPS) is 18.1. The van der Waals surface area contributed by atoms with Gasteiger partial charge in [-0.2, -0.15) is 0 Å². The second kappa shape index (κ2) is 16.5. The van der Waals surface area contributed by atoms with Crippen LogP contribution in [0.4, 0.5) is 5.82 Å². The number of anilines is 1. The van der Waals surface area contributed by atoms with Crippen LogP contribution in [0.5, 0.6) is 11.5 Å². The van der Waals surface area contributed by atoms with E-state index in [0.29, 0.717) is 12.4 Å². The van der Waals surface area contributed by atoms with Crippen molar-refractivity contribution in [1.82, 2.24) is 20.1 Å². The van der Waals surface area contributed by atoms with Crippen LogP contribution in [-0.2, 0) is 9.59 Å². The number of nitrogens with zero attached hydrogens (tertiary/aromatic N) is 4. The quantitative estimate of drug-likeness (QED) is 0.0978. The summed E-state index contributed by atoms with van der Waals surface area (Å²) in [6.45, 7) is 7.02. The molecule has 0 spiro atoms. The number of ether oxygens (including phenoxy) is 1. The average molecular weight is 728 g/mol. The van der Waals surface area contributed by atoms with Crippen LogP contribution in [-0.4, -0.2) is 88.9 Å². The maximum atomic E-state index is 13.2. The van der Waals surface area contributed by atoms with Gasteiger partial charge in [0.25, 0.3) is 11.8 Å². The summed E-state index contributed by atoms with van der Waals surface area (Å²) in [6, 6.07) is 26.8. The van der Waals surface area contributed by atoms with Crippen LogP contribution in [0.15, 0.2) is 91.1 Å². The van der Waals surface area contributed by atoms with E-state index in [2.05, 4.69) is 63.4 Å². The predicted octanol–water partition coefficient (Wildman–Crippen LogP) is 5.93. The lowest BCUT2D eigenvalue weighted by Gasteiger charge is -2.35. The van der Waals surface area contributed by atoms with Crippen molar-refractivity contribution in [3.05, 3.63) is 119 Å². The Labute approximate surface area is 315 Å². The summed E-state index contributed by atoms with van der Waals surface area (Å²) in [5, 5.41) is 12.1. The first kappa shape index (κ1) is 36.5. The molecule has 3 aliphatic rings. The molecule has 4 amide bonds. The number of piperazine rings is 1. The number of aromatic nitrogens is 1. The summed E-state index contributed by atoms with van der Waals surface area (Å²) in [5.41, 5.74) is 6.15. The predicted molar refractivity (Wildman–Crippen MR) is 206 cm³/mol. The molecule has 1 unspecified atom stereocenters. The van der Waals surface area contributed by atoms with Gasteiger partial charge >= 0.3 is 0 Å². The molecule has 11 heteroatoms. The number of allylic oxidation sites excluding steroid dienone is 1. The number of phenols is 1. The maximum Gasteiger partial charge on any atom is 0.263 e. The van der Waals surface area contributed by atoms with E-state index in [1.54, 1.807) is 18.2 Å². The highest BCUT2D eigenvalue weighted by molar-refractivity contribution is 6.23. The molecule has 7 rings (SSSR count). The summed E-state index contributed by atoms with van der Waals surface area (Å²) >= 11 is 0. The fourth-order valence-corrected chi connectivity index (χ4v) is 7.56. The zero-order valence-corrected chi connectivity index (χ0v) is 30.5. The summed E-state index contributed by atoms with van der Waals surface area (Å²) in [6.07, 6.45) is 5.56. The molecule has 278 valence electrons. The fourth-order valence-electron chi connectivity index (χ4n) is 7.56. The van der Waals surface area contributed by atoms with E-state index in [-0.39, 0.29) is 29.7 Å². The first-order chi connectivity index (χ1) is 26.3. The summed E-state index contributed by atoms with van der Waals surface area (Å²) in [7, 11) is 0. The highest BCUT2D eigenvalue weighted by Gasteiger charge is 2.45. The van der Waals surface area contributed by atoms with Gasteiger partial charge in [-0.25, -0.2) is 4.98 Å². The second-order valence-corrected chi connectivity index (χ2v) is 13.9. The number of pyridine rings is 1. The molecule has 0 saturated carbocycles. The molecule has 0 aliphatic carbocycles. The van der Waals surface area contributed by atoms with Crippen LogP contribution in [0.3, 0.4) is 0 Å². The zero-order chi connectivity index (χ0) is 37.6.